The summed E-state index contributed by atoms with van der Waals surface area (Å²) in [7, 11) is 1.65. The molecule has 282 valence electrons. The van der Waals surface area contributed by atoms with E-state index in [0.717, 1.165) is 17.7 Å². The summed E-state index contributed by atoms with van der Waals surface area (Å²) in [6.45, 7) is 11.0. The number of fused-ring (bicyclic) bond motifs is 3. The number of rotatable bonds is 9. The number of esters is 3. The molecule has 0 aromatic carbocycles. The lowest BCUT2D eigenvalue weighted by Crippen LogP contribution is -2.69. The number of carbonyl (C=O) groups excluding carboxylic acids is 3. The fourth-order valence-corrected chi connectivity index (χ4v) is 10.6. The molecule has 1 aromatic rings. The van der Waals surface area contributed by atoms with Gasteiger partial charge in [-0.25, -0.2) is 9.59 Å². The van der Waals surface area contributed by atoms with Crippen molar-refractivity contribution >= 4 is 17.9 Å². The normalized spacial score (nSPS) is 40.9. The Morgan fingerprint density at radius 3 is 2.43 bits per heavy atom. The van der Waals surface area contributed by atoms with Crippen molar-refractivity contribution in [3.8, 4) is 0 Å². The standard InChI is InChI=1S/C38H53NO12/c1-19-8-12-25-36(5,31(19)30-32(42)35(45)51-34(30)44)15-14-26-37(25,6)27(41)16-28(50-22(4)40)38(26,18-48-33(43)23-10-9-20(2)39-23)17-47-29-13-11-24(46-7)21(3)49-29/h8-10,21,24-29,31,34,39,41-42,44H,11-18H2,1-7H3/t21-,24+,25+,26-,27-,28+,29+,31-,34?,36+,37-,38?/m0/s1. The summed E-state index contributed by atoms with van der Waals surface area (Å²) in [6, 6.07) is 3.44. The van der Waals surface area contributed by atoms with Gasteiger partial charge in [0.05, 0.1) is 35.9 Å². The first-order chi connectivity index (χ1) is 24.1. The number of hydrogen-bond donors (Lipinski definition) is 4. The minimum atomic E-state index is -1.59. The molecule has 12 atom stereocenters. The Morgan fingerprint density at radius 1 is 1.08 bits per heavy atom. The summed E-state index contributed by atoms with van der Waals surface area (Å²) < 4.78 is 35.6. The number of hydrogen-bond acceptors (Lipinski definition) is 12. The lowest BCUT2D eigenvalue weighted by Gasteiger charge is -2.68. The van der Waals surface area contributed by atoms with E-state index in [0.29, 0.717) is 25.7 Å². The van der Waals surface area contributed by atoms with Crippen LogP contribution in [0.5, 0.6) is 0 Å². The van der Waals surface area contributed by atoms with Crippen molar-refractivity contribution in [3.05, 3.63) is 46.5 Å². The summed E-state index contributed by atoms with van der Waals surface area (Å²) in [6.07, 6.45) is 0.680. The highest BCUT2D eigenvalue weighted by molar-refractivity contribution is 5.89. The van der Waals surface area contributed by atoms with E-state index < -0.39 is 76.5 Å². The molecule has 3 aliphatic carbocycles. The van der Waals surface area contributed by atoms with Crippen LogP contribution in [-0.4, -0.2) is 95.5 Å². The molecule has 13 heteroatoms. The van der Waals surface area contributed by atoms with Crippen LogP contribution in [0, 0.1) is 40.9 Å². The lowest BCUT2D eigenvalue weighted by atomic mass is 9.38. The number of aliphatic hydroxyl groups is 3. The van der Waals surface area contributed by atoms with Gasteiger partial charge in [0.2, 0.25) is 12.0 Å². The number of allylic oxidation sites excluding steroid dienone is 2. The second-order valence-corrected chi connectivity index (χ2v) is 15.8. The van der Waals surface area contributed by atoms with E-state index in [1.807, 2.05) is 33.8 Å². The molecule has 0 bridgehead atoms. The molecule has 0 amide bonds. The third kappa shape index (κ3) is 6.32. The van der Waals surface area contributed by atoms with Gasteiger partial charge in [0.15, 0.2) is 6.29 Å². The van der Waals surface area contributed by atoms with E-state index in [1.165, 1.54) is 6.92 Å². The highest BCUT2D eigenvalue weighted by Crippen LogP contribution is 2.70. The first-order valence-corrected chi connectivity index (χ1v) is 18.0. The van der Waals surface area contributed by atoms with Crippen molar-refractivity contribution in [3.63, 3.8) is 0 Å². The lowest BCUT2D eigenvalue weighted by molar-refractivity contribution is -0.285. The monoisotopic (exact) mass is 715 g/mol. The number of methoxy groups -OCH3 is 1. The molecule has 0 spiro atoms. The van der Waals surface area contributed by atoms with Gasteiger partial charge < -0.3 is 48.7 Å². The fraction of sp³-hybridized carbons (Fsp3) is 0.711. The molecular formula is C38H53NO12. The molecule has 13 nitrogen and oxygen atoms in total. The Hall–Kier alpha value is -3.23. The third-order valence-corrected chi connectivity index (χ3v) is 13.1. The maximum atomic E-state index is 13.5. The van der Waals surface area contributed by atoms with E-state index >= 15 is 0 Å². The van der Waals surface area contributed by atoms with Gasteiger partial charge in [-0.05, 0) is 75.8 Å². The smallest absolute Gasteiger partial charge is 0.376 e. The summed E-state index contributed by atoms with van der Waals surface area (Å²) in [4.78, 5) is 41.6. The van der Waals surface area contributed by atoms with E-state index in [9.17, 15) is 29.7 Å². The molecular weight excluding hydrogens is 662 g/mol. The van der Waals surface area contributed by atoms with E-state index in [1.54, 1.807) is 19.2 Å². The Labute approximate surface area is 298 Å². The highest BCUT2D eigenvalue weighted by atomic mass is 16.7. The van der Waals surface area contributed by atoms with Crippen LogP contribution in [0.4, 0.5) is 0 Å². The zero-order chi connectivity index (χ0) is 37.0. The molecule has 2 unspecified atom stereocenters. The average Bonchev–Trinajstić information content (AvgIpc) is 3.61. The highest BCUT2D eigenvalue weighted by Gasteiger charge is 2.70. The van der Waals surface area contributed by atoms with E-state index in [4.69, 9.17) is 28.4 Å². The molecule has 4 N–H and O–H groups in total. The Bertz CT molecular complexity index is 1580. The van der Waals surface area contributed by atoms with Crippen molar-refractivity contribution in [1.29, 1.82) is 0 Å². The van der Waals surface area contributed by atoms with E-state index in [2.05, 4.69) is 11.9 Å². The summed E-state index contributed by atoms with van der Waals surface area (Å²) >= 11 is 0. The molecule has 51 heavy (non-hydrogen) atoms. The number of aryl methyl sites for hydroxylation is 1. The summed E-state index contributed by atoms with van der Waals surface area (Å²) in [5.74, 6) is -3.84. The Morgan fingerprint density at radius 2 is 1.82 bits per heavy atom. The molecule has 6 rings (SSSR count). The maximum absolute atomic E-state index is 13.5. The predicted molar refractivity (Wildman–Crippen MR) is 181 cm³/mol. The van der Waals surface area contributed by atoms with Gasteiger partial charge in [-0.3, -0.25) is 4.79 Å². The second-order valence-electron chi connectivity index (χ2n) is 15.8. The number of aromatic nitrogens is 1. The van der Waals surface area contributed by atoms with Crippen LogP contribution >= 0.6 is 0 Å². The minimum Gasteiger partial charge on any atom is -0.502 e. The SMILES string of the molecule is CO[C@@H]1CC[C@H](OCC2(COC(=O)c3ccc(C)[nH]3)[C@H]3CC[C@@]4(C)[C@H](C5=C(O)C(=O)OC5O)C(C)=CC[C@H]4[C@]3(C)[C@@H](O)C[C@H]2OC(C)=O)O[C@H]1C. The third-order valence-electron chi connectivity index (χ3n) is 13.1. The van der Waals surface area contributed by atoms with Gasteiger partial charge in [-0.15, -0.1) is 0 Å². The van der Waals surface area contributed by atoms with Gasteiger partial charge in [-0.2, -0.15) is 0 Å². The number of H-pyrrole nitrogens is 1. The quantitative estimate of drug-likeness (QED) is 0.161. The number of cyclic esters (lactones) is 1. The number of ether oxygens (including phenoxy) is 6. The van der Waals surface area contributed by atoms with Crippen molar-refractivity contribution in [1.82, 2.24) is 4.98 Å². The largest absolute Gasteiger partial charge is 0.502 e. The van der Waals surface area contributed by atoms with Crippen LogP contribution in [0.1, 0.15) is 89.3 Å². The molecule has 1 saturated heterocycles. The number of nitrogens with one attached hydrogen (secondary N) is 1. The van der Waals surface area contributed by atoms with Gasteiger partial charge in [0.1, 0.15) is 18.4 Å². The van der Waals surface area contributed by atoms with Gasteiger partial charge in [0.25, 0.3) is 0 Å². The molecule has 3 fully saturated rings. The molecule has 0 radical (unpaired) electrons. The van der Waals surface area contributed by atoms with Crippen LogP contribution in [0.15, 0.2) is 35.1 Å². The molecule has 1 aromatic heterocycles. The predicted octanol–water partition coefficient (Wildman–Crippen LogP) is 4.41. The Balaban J connectivity index is 1.42. The van der Waals surface area contributed by atoms with Crippen LogP contribution in [0.3, 0.4) is 0 Å². The van der Waals surface area contributed by atoms with Crippen molar-refractivity contribution < 1.29 is 58.1 Å². The first kappa shape index (κ1) is 37.5. The topological polar surface area (TPSA) is 183 Å². The van der Waals surface area contributed by atoms with Gasteiger partial charge in [-0.1, -0.05) is 25.5 Å². The summed E-state index contributed by atoms with van der Waals surface area (Å²) in [5.41, 5.74) is -0.513. The van der Waals surface area contributed by atoms with Crippen LogP contribution < -0.4 is 0 Å². The Kier molecular flexibility index (Phi) is 10.3. The maximum Gasteiger partial charge on any atom is 0.376 e. The van der Waals surface area contributed by atoms with Crippen LogP contribution in [0.2, 0.25) is 0 Å². The second kappa shape index (κ2) is 14.0. The zero-order valence-corrected chi connectivity index (χ0v) is 30.6. The molecule has 2 saturated carbocycles. The zero-order valence-electron chi connectivity index (χ0n) is 30.6. The van der Waals surface area contributed by atoms with Crippen LogP contribution in [0.25, 0.3) is 0 Å². The number of aromatic amines is 1. The van der Waals surface area contributed by atoms with Crippen molar-refractivity contribution in [2.24, 2.45) is 34.0 Å². The molecule has 3 heterocycles. The van der Waals surface area contributed by atoms with E-state index in [-0.39, 0.29) is 49.0 Å². The summed E-state index contributed by atoms with van der Waals surface area (Å²) in [5, 5.41) is 34.0. The fourth-order valence-electron chi connectivity index (χ4n) is 10.6. The molecule has 5 aliphatic rings. The van der Waals surface area contributed by atoms with Crippen LogP contribution in [-0.2, 0) is 38.0 Å². The minimum absolute atomic E-state index is 0.0126. The first-order valence-electron chi connectivity index (χ1n) is 18.0. The molecule has 2 aliphatic heterocycles. The van der Waals surface area contributed by atoms with Gasteiger partial charge >= 0.3 is 17.9 Å². The average molecular weight is 716 g/mol. The number of carbonyl (C=O) groups is 3. The number of aliphatic hydroxyl groups excluding tert-OH is 3. The van der Waals surface area contributed by atoms with Gasteiger partial charge in [0, 0.05) is 43.9 Å². The van der Waals surface area contributed by atoms with Crippen molar-refractivity contribution in [2.45, 2.75) is 117 Å². The van der Waals surface area contributed by atoms with Crippen molar-refractivity contribution in [2.75, 3.05) is 20.3 Å².